The molecule has 2 amide bonds. The van der Waals surface area contributed by atoms with Crippen molar-refractivity contribution in [3.05, 3.63) is 74.7 Å². The lowest BCUT2D eigenvalue weighted by Gasteiger charge is -2.03. The fourth-order valence-corrected chi connectivity index (χ4v) is 3.37. The van der Waals surface area contributed by atoms with E-state index in [1.807, 2.05) is 0 Å². The fraction of sp³-hybridized carbons (Fsp3) is 0.0556. The first-order chi connectivity index (χ1) is 12.9. The Morgan fingerprint density at radius 3 is 2.48 bits per heavy atom. The Hall–Kier alpha value is -3.46. The van der Waals surface area contributed by atoms with E-state index in [1.165, 1.54) is 12.1 Å². The number of primary amides is 1. The van der Waals surface area contributed by atoms with Crippen LogP contribution in [0.5, 0.6) is 0 Å². The quantitative estimate of drug-likeness (QED) is 0.477. The number of benzene rings is 2. The van der Waals surface area contributed by atoms with Crippen LogP contribution < -0.4 is 11.1 Å². The van der Waals surface area contributed by atoms with Crippen LogP contribution in [0.2, 0.25) is 0 Å². The number of nitro benzene ring substituents is 1. The minimum absolute atomic E-state index is 0.0228. The first kappa shape index (κ1) is 18.3. The molecule has 1 saturated heterocycles. The van der Waals surface area contributed by atoms with Crippen LogP contribution in [0.15, 0.2) is 58.4 Å². The van der Waals surface area contributed by atoms with Crippen LogP contribution in [-0.2, 0) is 4.79 Å². The number of carbonyl (C=O) groups excluding carboxylic acids is 2. The molecule has 0 bridgehead atoms. The number of non-ortho nitro benzene ring substituents is 1. The largest absolute Gasteiger partial charge is 0.366 e. The third kappa shape index (κ3) is 3.87. The van der Waals surface area contributed by atoms with Crippen molar-refractivity contribution in [2.24, 2.45) is 10.7 Å². The fourth-order valence-electron chi connectivity index (χ4n) is 2.47. The third-order valence-corrected chi connectivity index (χ3v) is 4.95. The molecule has 0 unspecified atom stereocenters. The molecule has 1 aliphatic rings. The number of rotatable bonds is 4. The molecular formula is C18H14N4O4S. The number of para-hydroxylation sites is 1. The van der Waals surface area contributed by atoms with E-state index in [0.29, 0.717) is 26.9 Å². The normalized spacial score (nSPS) is 16.9. The standard InChI is InChI=1S/C18H14N4O4S/c1-10(11-6-8-12(9-7-11)22(25)26)15-17(24)21-18(27-15)20-14-5-3-2-4-13(14)16(19)23/h2-9H,1H3,(H2,19,23)(H,20,21,24)/b15-10-. The molecule has 2 aromatic rings. The molecule has 136 valence electrons. The average Bonchev–Trinajstić information content (AvgIpc) is 3.01. The second-order valence-electron chi connectivity index (χ2n) is 5.61. The summed E-state index contributed by atoms with van der Waals surface area (Å²) in [7, 11) is 0. The van der Waals surface area contributed by atoms with Crippen molar-refractivity contribution in [1.82, 2.24) is 5.32 Å². The summed E-state index contributed by atoms with van der Waals surface area (Å²) >= 11 is 1.13. The van der Waals surface area contributed by atoms with Crippen LogP contribution in [0.25, 0.3) is 5.57 Å². The Balaban J connectivity index is 1.92. The summed E-state index contributed by atoms with van der Waals surface area (Å²) < 4.78 is 0. The average molecular weight is 382 g/mol. The van der Waals surface area contributed by atoms with Crippen molar-refractivity contribution in [3.63, 3.8) is 0 Å². The van der Waals surface area contributed by atoms with Crippen molar-refractivity contribution in [3.8, 4) is 0 Å². The van der Waals surface area contributed by atoms with Gasteiger partial charge in [-0.25, -0.2) is 4.99 Å². The van der Waals surface area contributed by atoms with Crippen molar-refractivity contribution in [2.75, 3.05) is 0 Å². The van der Waals surface area contributed by atoms with Crippen LogP contribution in [-0.4, -0.2) is 21.9 Å². The van der Waals surface area contributed by atoms with Crippen LogP contribution in [0.4, 0.5) is 11.4 Å². The van der Waals surface area contributed by atoms with E-state index in [0.717, 1.165) is 11.8 Å². The minimum atomic E-state index is -0.609. The molecule has 1 fully saturated rings. The van der Waals surface area contributed by atoms with E-state index in [9.17, 15) is 19.7 Å². The molecule has 3 N–H and O–H groups in total. The van der Waals surface area contributed by atoms with Gasteiger partial charge in [-0.15, -0.1) is 0 Å². The lowest BCUT2D eigenvalue weighted by molar-refractivity contribution is -0.384. The Bertz CT molecular complexity index is 1010. The molecule has 27 heavy (non-hydrogen) atoms. The summed E-state index contributed by atoms with van der Waals surface area (Å²) in [6, 6.07) is 12.5. The van der Waals surface area contributed by atoms with Crippen LogP contribution in [0.3, 0.4) is 0 Å². The van der Waals surface area contributed by atoms with Crippen molar-refractivity contribution >= 4 is 45.7 Å². The Morgan fingerprint density at radius 2 is 1.85 bits per heavy atom. The number of nitrogens with one attached hydrogen (secondary N) is 1. The summed E-state index contributed by atoms with van der Waals surface area (Å²) in [6.45, 7) is 1.75. The number of allylic oxidation sites excluding steroid dienone is 1. The van der Waals surface area contributed by atoms with Gasteiger partial charge in [0.05, 0.1) is 21.1 Å². The van der Waals surface area contributed by atoms with Gasteiger partial charge >= 0.3 is 0 Å². The van der Waals surface area contributed by atoms with Crippen molar-refractivity contribution < 1.29 is 14.5 Å². The second-order valence-corrected chi connectivity index (χ2v) is 6.61. The van der Waals surface area contributed by atoms with Gasteiger partial charge in [0.2, 0.25) is 0 Å². The van der Waals surface area contributed by atoms with Gasteiger partial charge < -0.3 is 11.1 Å². The monoisotopic (exact) mass is 382 g/mol. The number of amidine groups is 1. The molecule has 2 aromatic carbocycles. The number of nitro groups is 1. The molecular weight excluding hydrogens is 368 g/mol. The molecule has 1 heterocycles. The first-order valence-corrected chi connectivity index (χ1v) is 8.61. The van der Waals surface area contributed by atoms with E-state index >= 15 is 0 Å². The first-order valence-electron chi connectivity index (χ1n) is 7.79. The zero-order valence-corrected chi connectivity index (χ0v) is 14.9. The maximum Gasteiger partial charge on any atom is 0.269 e. The Morgan fingerprint density at radius 1 is 1.19 bits per heavy atom. The van der Waals surface area contributed by atoms with Crippen molar-refractivity contribution in [2.45, 2.75) is 6.92 Å². The molecule has 3 rings (SSSR count). The molecule has 0 aliphatic carbocycles. The maximum atomic E-state index is 12.3. The molecule has 1 aliphatic heterocycles. The summed E-state index contributed by atoms with van der Waals surface area (Å²) in [6.07, 6.45) is 0. The van der Waals surface area contributed by atoms with Gasteiger partial charge in [0.15, 0.2) is 5.17 Å². The molecule has 0 spiro atoms. The number of thioether (sulfide) groups is 1. The highest BCUT2D eigenvalue weighted by Gasteiger charge is 2.27. The van der Waals surface area contributed by atoms with Crippen LogP contribution >= 0.6 is 11.8 Å². The van der Waals surface area contributed by atoms with E-state index in [2.05, 4.69) is 10.3 Å². The van der Waals surface area contributed by atoms with E-state index in [1.54, 1.807) is 43.3 Å². The minimum Gasteiger partial charge on any atom is -0.366 e. The number of hydrogen-bond donors (Lipinski definition) is 2. The van der Waals surface area contributed by atoms with Gasteiger partial charge in [-0.1, -0.05) is 12.1 Å². The highest BCUT2D eigenvalue weighted by Crippen LogP contribution is 2.33. The second kappa shape index (κ2) is 7.42. The number of hydrogen-bond acceptors (Lipinski definition) is 6. The highest BCUT2D eigenvalue weighted by atomic mass is 32.2. The van der Waals surface area contributed by atoms with Crippen LogP contribution in [0, 0.1) is 10.1 Å². The number of nitrogens with zero attached hydrogens (tertiary/aromatic N) is 2. The molecule has 8 nitrogen and oxygen atoms in total. The lowest BCUT2D eigenvalue weighted by atomic mass is 10.1. The van der Waals surface area contributed by atoms with Gasteiger partial charge in [-0.05, 0) is 54.1 Å². The predicted molar refractivity (Wildman–Crippen MR) is 103 cm³/mol. The predicted octanol–water partition coefficient (Wildman–Crippen LogP) is 2.98. The van der Waals surface area contributed by atoms with Gasteiger partial charge in [0.1, 0.15) is 0 Å². The summed E-state index contributed by atoms with van der Waals surface area (Å²) in [5, 5.41) is 13.7. The number of nitrogens with two attached hydrogens (primary N) is 1. The SMILES string of the molecule is C/C(=C1/SC(=Nc2ccccc2C(N)=O)NC1=O)c1ccc([N+](=O)[O-])cc1. The van der Waals surface area contributed by atoms with Gasteiger partial charge in [0, 0.05) is 12.1 Å². The van der Waals surface area contributed by atoms with Crippen molar-refractivity contribution in [1.29, 1.82) is 0 Å². The smallest absolute Gasteiger partial charge is 0.269 e. The summed E-state index contributed by atoms with van der Waals surface area (Å²) in [5.41, 5.74) is 7.29. The number of amides is 2. The van der Waals surface area contributed by atoms with Gasteiger partial charge in [-0.3, -0.25) is 19.7 Å². The number of carbonyl (C=O) groups is 2. The Labute approximate surface area is 158 Å². The molecule has 0 radical (unpaired) electrons. The Kier molecular flexibility index (Phi) is 5.04. The zero-order chi connectivity index (χ0) is 19.6. The molecule has 9 heteroatoms. The third-order valence-electron chi connectivity index (χ3n) is 3.87. The van der Waals surface area contributed by atoms with E-state index in [-0.39, 0.29) is 17.2 Å². The molecule has 0 saturated carbocycles. The van der Waals surface area contributed by atoms with Crippen LogP contribution in [0.1, 0.15) is 22.8 Å². The maximum absolute atomic E-state index is 12.3. The van der Waals surface area contributed by atoms with Gasteiger partial charge in [-0.2, -0.15) is 0 Å². The lowest BCUT2D eigenvalue weighted by Crippen LogP contribution is -2.20. The topological polar surface area (TPSA) is 128 Å². The molecule has 0 aromatic heterocycles. The highest BCUT2D eigenvalue weighted by molar-refractivity contribution is 8.18. The summed E-state index contributed by atoms with van der Waals surface area (Å²) in [4.78, 5) is 38.8. The van der Waals surface area contributed by atoms with Gasteiger partial charge in [0.25, 0.3) is 17.5 Å². The molecule has 0 atom stereocenters. The van der Waals surface area contributed by atoms with E-state index < -0.39 is 10.8 Å². The summed E-state index contributed by atoms with van der Waals surface area (Å²) in [5.74, 6) is -0.937. The zero-order valence-electron chi connectivity index (χ0n) is 14.1. The number of aliphatic imine (C=N–C) groups is 1. The van der Waals surface area contributed by atoms with E-state index in [4.69, 9.17) is 5.73 Å².